The van der Waals surface area contributed by atoms with Crippen molar-refractivity contribution < 1.29 is 20.6 Å². The average Bonchev–Trinajstić information content (AvgIpc) is 2.44. The Morgan fingerprint density at radius 2 is 0.882 bits per heavy atom. The summed E-state index contributed by atoms with van der Waals surface area (Å²) in [6.45, 7) is 32.8. The van der Waals surface area contributed by atoms with Gasteiger partial charge in [0, 0.05) is 0 Å². The normalized spacial score (nSPS) is 15.0. The lowest BCUT2D eigenvalue weighted by Gasteiger charge is -2.43. The van der Waals surface area contributed by atoms with Crippen LogP contribution in [0.5, 0.6) is 0 Å². The zero-order chi connectivity index (χ0) is 27.2. The molecule has 0 aromatic carbocycles. The summed E-state index contributed by atoms with van der Waals surface area (Å²) in [5, 5.41) is 0. The summed E-state index contributed by atoms with van der Waals surface area (Å²) in [5.74, 6) is 1.01. The largest absolute Gasteiger partial charge is 0.436 e. The fourth-order valence-electron chi connectivity index (χ4n) is 5.00. The first-order chi connectivity index (χ1) is 14.9. The van der Waals surface area contributed by atoms with Crippen LogP contribution in [-0.2, 0) is 20.6 Å². The molecule has 0 aromatic rings. The van der Waals surface area contributed by atoms with Gasteiger partial charge in [0.05, 0.1) is 0 Å². The second kappa shape index (κ2) is 13.5. The van der Waals surface area contributed by atoms with Gasteiger partial charge in [-0.1, -0.05) is 47.5 Å². The lowest BCUT2D eigenvalue weighted by molar-refractivity contribution is 0.281. The zero-order valence-corrected chi connectivity index (χ0v) is 31.9. The monoisotopic (exact) mass is 604 g/mol. The van der Waals surface area contributed by atoms with E-state index in [1.807, 2.05) is 0 Å². The second-order valence-corrected chi connectivity index (χ2v) is 37.0. The summed E-state index contributed by atoms with van der Waals surface area (Å²) in [6, 6.07) is 3.05. The van der Waals surface area contributed by atoms with Crippen LogP contribution in [0, 0.1) is 11.8 Å². The lowest BCUT2D eigenvalue weighted by atomic mass is 10.3. The molecule has 0 saturated carbocycles. The van der Waals surface area contributed by atoms with E-state index in [0.29, 0.717) is 11.8 Å². The minimum Gasteiger partial charge on any atom is -0.436 e. The maximum Gasteiger partial charge on any atom is 0.314 e. The summed E-state index contributed by atoms with van der Waals surface area (Å²) in [4.78, 5) is 0. The van der Waals surface area contributed by atoms with E-state index in [1.165, 1.54) is 18.9 Å². The van der Waals surface area contributed by atoms with Crippen molar-refractivity contribution in [2.24, 2.45) is 11.8 Å². The van der Waals surface area contributed by atoms with Gasteiger partial charge in [-0.2, -0.15) is 0 Å². The Morgan fingerprint density at radius 3 is 1.21 bits per heavy atom. The number of halogens is 1. The average molecular weight is 606 g/mol. The highest BCUT2D eigenvalue weighted by molar-refractivity contribution is 7.19. The first kappa shape index (κ1) is 35.4. The molecule has 0 bridgehead atoms. The standard InChI is InChI=1S/C22H57ClO5Si6/c1-16-17-18-29(6,7)24-30(8,9)25-31(10,11)26-32(12,13)27-33(14,15)28-34(23,19-21(2)3)20-22(4)5/h21-22H,16-20H2,1-15H3. The van der Waals surface area contributed by atoms with E-state index in [9.17, 15) is 0 Å². The van der Waals surface area contributed by atoms with Gasteiger partial charge in [0.25, 0.3) is 7.63 Å². The van der Waals surface area contributed by atoms with Gasteiger partial charge in [-0.15, -0.1) is 11.1 Å². The van der Waals surface area contributed by atoms with Gasteiger partial charge in [0.1, 0.15) is 0 Å². The van der Waals surface area contributed by atoms with Crippen molar-refractivity contribution in [3.63, 3.8) is 0 Å². The van der Waals surface area contributed by atoms with E-state index in [-0.39, 0.29) is 0 Å². The molecule has 0 aliphatic rings. The predicted molar refractivity (Wildman–Crippen MR) is 163 cm³/mol. The summed E-state index contributed by atoms with van der Waals surface area (Å²) in [5.41, 5.74) is 0. The molecular weight excluding hydrogens is 548 g/mol. The zero-order valence-electron chi connectivity index (χ0n) is 25.1. The van der Waals surface area contributed by atoms with Crippen LogP contribution in [0.25, 0.3) is 0 Å². The number of rotatable bonds is 17. The second-order valence-electron chi connectivity index (χ2n) is 13.1. The van der Waals surface area contributed by atoms with Crippen molar-refractivity contribution in [2.45, 2.75) is 131 Å². The maximum atomic E-state index is 7.18. The van der Waals surface area contributed by atoms with Crippen LogP contribution in [0.1, 0.15) is 47.5 Å². The van der Waals surface area contributed by atoms with Gasteiger partial charge in [-0.25, -0.2) is 0 Å². The fourth-order valence-corrected chi connectivity index (χ4v) is 38.6. The molecule has 0 amide bonds. The van der Waals surface area contributed by atoms with Crippen molar-refractivity contribution >= 4 is 61.3 Å². The SMILES string of the molecule is CCCC[Si](C)(C)O[Si](C)(C)O[Si](C)(C)O[Si](C)(C)O[Si](C)(C)O[Si](Cl)(CC(C)C)CC(C)C. The Hall–Kier alpha value is 1.39. The van der Waals surface area contributed by atoms with Crippen LogP contribution in [0.2, 0.25) is 83.6 Å². The molecule has 5 nitrogen and oxygen atoms in total. The van der Waals surface area contributed by atoms with Crippen LogP contribution in [0.3, 0.4) is 0 Å². The van der Waals surface area contributed by atoms with Crippen LogP contribution in [-0.4, -0.2) is 50.2 Å². The summed E-state index contributed by atoms with van der Waals surface area (Å²) < 4.78 is 33.5. The van der Waals surface area contributed by atoms with Gasteiger partial charge in [0.2, 0.25) is 0 Å². The summed E-state index contributed by atoms with van der Waals surface area (Å²) in [7, 11) is -14.0. The van der Waals surface area contributed by atoms with Crippen molar-refractivity contribution in [3.05, 3.63) is 0 Å². The summed E-state index contributed by atoms with van der Waals surface area (Å²) >= 11 is 7.18. The third-order valence-electron chi connectivity index (χ3n) is 4.98. The molecule has 0 spiro atoms. The number of hydrogen-bond acceptors (Lipinski definition) is 5. The van der Waals surface area contributed by atoms with Gasteiger partial charge < -0.3 is 20.6 Å². The Labute approximate surface area is 223 Å². The fraction of sp³-hybridized carbons (Fsp3) is 1.00. The highest BCUT2D eigenvalue weighted by Crippen LogP contribution is 2.35. The van der Waals surface area contributed by atoms with Crippen molar-refractivity contribution in [1.29, 1.82) is 0 Å². The maximum absolute atomic E-state index is 7.18. The highest BCUT2D eigenvalue weighted by atomic mass is 35.6. The van der Waals surface area contributed by atoms with E-state index in [4.69, 9.17) is 31.7 Å². The molecule has 0 atom stereocenters. The minimum absolute atomic E-state index is 0.506. The van der Waals surface area contributed by atoms with Crippen molar-refractivity contribution in [1.82, 2.24) is 0 Å². The lowest BCUT2D eigenvalue weighted by Crippen LogP contribution is -2.60. The van der Waals surface area contributed by atoms with Crippen LogP contribution in [0.15, 0.2) is 0 Å². The van der Waals surface area contributed by atoms with Crippen molar-refractivity contribution in [2.75, 3.05) is 0 Å². The smallest absolute Gasteiger partial charge is 0.314 e. The molecule has 0 radical (unpaired) electrons. The van der Waals surface area contributed by atoms with Crippen LogP contribution >= 0.6 is 11.1 Å². The molecular formula is C22H57ClO5Si6. The molecule has 0 aliphatic carbocycles. The van der Waals surface area contributed by atoms with E-state index < -0.39 is 50.2 Å². The quantitative estimate of drug-likeness (QED) is 0.122. The molecule has 12 heteroatoms. The predicted octanol–water partition coefficient (Wildman–Crippen LogP) is 8.87. The first-order valence-corrected chi connectivity index (χ1v) is 30.8. The van der Waals surface area contributed by atoms with E-state index in [0.717, 1.165) is 12.1 Å². The highest BCUT2D eigenvalue weighted by Gasteiger charge is 2.48. The molecule has 34 heavy (non-hydrogen) atoms. The first-order valence-electron chi connectivity index (χ1n) is 13.1. The Kier molecular flexibility index (Phi) is 14.0. The molecule has 0 rings (SSSR count). The number of unbranched alkanes of at least 4 members (excludes halogenated alkanes) is 1. The topological polar surface area (TPSA) is 46.2 Å². The van der Waals surface area contributed by atoms with E-state index in [1.54, 1.807) is 0 Å². The molecule has 0 N–H and O–H groups in total. The Balaban J connectivity index is 5.34. The van der Waals surface area contributed by atoms with Crippen molar-refractivity contribution in [3.8, 4) is 0 Å². The molecule has 0 unspecified atom stereocenters. The molecule has 0 saturated heterocycles. The van der Waals surface area contributed by atoms with E-state index in [2.05, 4.69) is 100 Å². The van der Waals surface area contributed by atoms with Crippen LogP contribution < -0.4 is 0 Å². The molecule has 0 heterocycles. The molecule has 0 aromatic heterocycles. The van der Waals surface area contributed by atoms with Gasteiger partial charge >= 0.3 is 34.2 Å². The summed E-state index contributed by atoms with van der Waals surface area (Å²) in [6.07, 6.45) is 2.42. The van der Waals surface area contributed by atoms with E-state index >= 15 is 0 Å². The Bertz CT molecular complexity index is 605. The Morgan fingerprint density at radius 1 is 0.559 bits per heavy atom. The third kappa shape index (κ3) is 16.3. The molecule has 0 fully saturated rings. The van der Waals surface area contributed by atoms with Gasteiger partial charge in [-0.05, 0) is 95.4 Å². The molecule has 206 valence electrons. The van der Waals surface area contributed by atoms with Gasteiger partial charge in [0.15, 0.2) is 8.32 Å². The third-order valence-corrected chi connectivity index (χ3v) is 30.4. The molecule has 0 aliphatic heterocycles. The van der Waals surface area contributed by atoms with Crippen LogP contribution in [0.4, 0.5) is 0 Å². The minimum atomic E-state index is -2.52. The van der Waals surface area contributed by atoms with Gasteiger partial charge in [-0.3, -0.25) is 0 Å². The number of hydrogen-bond donors (Lipinski definition) is 0.